The van der Waals surface area contributed by atoms with Gasteiger partial charge in [0.2, 0.25) is 0 Å². The van der Waals surface area contributed by atoms with Crippen molar-refractivity contribution in [2.24, 2.45) is 4.99 Å². The molecule has 0 aliphatic carbocycles. The summed E-state index contributed by atoms with van der Waals surface area (Å²) in [5, 5.41) is 1.87. The first-order chi connectivity index (χ1) is 15.9. The Morgan fingerprint density at radius 3 is 2.58 bits per heavy atom. The molecule has 0 spiro atoms. The minimum absolute atomic E-state index is 0.223. The molecule has 0 bridgehead atoms. The second-order valence-electron chi connectivity index (χ2n) is 7.73. The Bertz CT molecular complexity index is 958. The minimum Gasteiger partial charge on any atom is -0.378 e. The highest BCUT2D eigenvalue weighted by Crippen LogP contribution is 2.30. The number of aromatic nitrogens is 2. The minimum atomic E-state index is -4.37. The molecule has 0 unspecified atom stereocenters. The molecule has 1 aromatic carbocycles. The summed E-state index contributed by atoms with van der Waals surface area (Å²) < 4.78 is 58.0. The largest absolute Gasteiger partial charge is 0.416 e. The summed E-state index contributed by atoms with van der Waals surface area (Å²) in [7, 11) is 0. The lowest BCUT2D eigenvalue weighted by molar-refractivity contribution is -0.137. The van der Waals surface area contributed by atoms with Crippen molar-refractivity contribution < 1.29 is 22.3 Å². The number of ether oxygens (including phenoxy) is 1. The van der Waals surface area contributed by atoms with Crippen LogP contribution in [-0.4, -0.2) is 78.7 Å². The summed E-state index contributed by atoms with van der Waals surface area (Å²) in [4.78, 5) is 16.6. The lowest BCUT2D eigenvalue weighted by Gasteiger charge is -2.34. The van der Waals surface area contributed by atoms with Crippen molar-refractivity contribution in [2.75, 3.05) is 62.8 Å². The van der Waals surface area contributed by atoms with Crippen molar-refractivity contribution >= 4 is 17.8 Å². The summed E-state index contributed by atoms with van der Waals surface area (Å²) >= 11 is 0. The first-order valence-electron chi connectivity index (χ1n) is 10.7. The zero-order valence-corrected chi connectivity index (χ0v) is 17.9. The van der Waals surface area contributed by atoms with Crippen molar-refractivity contribution in [3.8, 4) is 0 Å². The van der Waals surface area contributed by atoms with Gasteiger partial charge >= 0.3 is 6.18 Å². The van der Waals surface area contributed by atoms with Gasteiger partial charge in [0.1, 0.15) is 6.54 Å². The van der Waals surface area contributed by atoms with Gasteiger partial charge in [0.15, 0.2) is 17.5 Å². The zero-order valence-electron chi connectivity index (χ0n) is 17.9. The average Bonchev–Trinajstić information content (AvgIpc) is 2.81. The van der Waals surface area contributed by atoms with Crippen molar-refractivity contribution in [1.29, 1.82) is 0 Å². The molecule has 2 aliphatic heterocycles. The third kappa shape index (κ3) is 6.29. The standard InChI is InChI=1S/C21H25F4N7O/c22-18-13-27-19(28-20(18)31-8-10-33-11-9-31)14-26-15-30-4-6-32(7-5-30)29-17-3-1-2-16(12-17)21(23,24)25/h1-3,12-13,15,29H,4-11,14H2. The predicted octanol–water partition coefficient (Wildman–Crippen LogP) is 2.64. The van der Waals surface area contributed by atoms with Crippen LogP contribution >= 0.6 is 0 Å². The Kier molecular flexibility index (Phi) is 7.23. The van der Waals surface area contributed by atoms with Crippen LogP contribution in [0.1, 0.15) is 11.4 Å². The molecule has 0 radical (unpaired) electrons. The van der Waals surface area contributed by atoms with Gasteiger partial charge in [-0.2, -0.15) is 13.2 Å². The summed E-state index contributed by atoms with van der Waals surface area (Å²) in [5.41, 5.74) is 2.75. The lowest BCUT2D eigenvalue weighted by Crippen LogP contribution is -2.48. The molecule has 0 atom stereocenters. The SMILES string of the molecule is Fc1cnc(CN=CN2CCN(Nc3cccc(C(F)(F)F)c3)CC2)nc1N1CCOCC1. The number of hydrazine groups is 1. The van der Waals surface area contributed by atoms with Crippen LogP contribution in [0.2, 0.25) is 0 Å². The predicted molar refractivity (Wildman–Crippen MR) is 115 cm³/mol. The third-order valence-corrected chi connectivity index (χ3v) is 5.36. The number of nitrogens with one attached hydrogen (secondary N) is 1. The van der Waals surface area contributed by atoms with Crippen LogP contribution in [0.25, 0.3) is 0 Å². The van der Waals surface area contributed by atoms with Crippen molar-refractivity contribution in [3.05, 3.63) is 47.7 Å². The first kappa shape index (κ1) is 23.2. The van der Waals surface area contributed by atoms with Gasteiger partial charge in [0, 0.05) is 45.0 Å². The zero-order chi connectivity index (χ0) is 23.3. The molecule has 2 saturated heterocycles. The fraction of sp³-hybridized carbons (Fsp3) is 0.476. The summed E-state index contributed by atoms with van der Waals surface area (Å²) in [5.74, 6) is 0.237. The van der Waals surface area contributed by atoms with Gasteiger partial charge in [-0.15, -0.1) is 0 Å². The lowest BCUT2D eigenvalue weighted by atomic mass is 10.2. The van der Waals surface area contributed by atoms with Gasteiger partial charge < -0.3 is 20.0 Å². The number of nitrogens with zero attached hydrogens (tertiary/aromatic N) is 6. The summed E-state index contributed by atoms with van der Waals surface area (Å²) in [6.45, 7) is 4.97. The molecule has 178 valence electrons. The highest BCUT2D eigenvalue weighted by Gasteiger charge is 2.30. The topological polar surface area (TPSA) is 69.1 Å². The molecule has 12 heteroatoms. The molecule has 1 aromatic heterocycles. The fourth-order valence-electron chi connectivity index (χ4n) is 3.60. The van der Waals surface area contributed by atoms with Crippen LogP contribution < -0.4 is 10.3 Å². The molecule has 0 saturated carbocycles. The molecule has 1 N–H and O–H groups in total. The second-order valence-corrected chi connectivity index (χ2v) is 7.73. The van der Waals surface area contributed by atoms with E-state index < -0.39 is 17.6 Å². The molecule has 2 aliphatic rings. The van der Waals surface area contributed by atoms with Crippen LogP contribution in [0.5, 0.6) is 0 Å². The molecule has 3 heterocycles. The Morgan fingerprint density at radius 1 is 1.09 bits per heavy atom. The normalized spacial score (nSPS) is 18.2. The third-order valence-electron chi connectivity index (χ3n) is 5.36. The summed E-state index contributed by atoms with van der Waals surface area (Å²) in [6.07, 6.45) is -1.49. The molecule has 4 rings (SSSR count). The molecule has 0 amide bonds. The number of aliphatic imine (C=N–C) groups is 1. The van der Waals surface area contributed by atoms with Crippen LogP contribution in [0.15, 0.2) is 35.5 Å². The van der Waals surface area contributed by atoms with Gasteiger partial charge in [0.25, 0.3) is 0 Å². The molecule has 2 fully saturated rings. The van der Waals surface area contributed by atoms with Gasteiger partial charge in [-0.3, -0.25) is 4.99 Å². The fourth-order valence-corrected chi connectivity index (χ4v) is 3.60. The number of benzene rings is 1. The van der Waals surface area contributed by atoms with E-state index in [9.17, 15) is 17.6 Å². The molecule has 8 nitrogen and oxygen atoms in total. The maximum Gasteiger partial charge on any atom is 0.416 e. The van der Waals surface area contributed by atoms with Crippen LogP contribution in [-0.2, 0) is 17.5 Å². The maximum atomic E-state index is 14.1. The van der Waals surface area contributed by atoms with Gasteiger partial charge in [0.05, 0.1) is 31.3 Å². The Labute approximate surface area is 188 Å². The van der Waals surface area contributed by atoms with E-state index in [4.69, 9.17) is 4.74 Å². The van der Waals surface area contributed by atoms with Gasteiger partial charge in [-0.1, -0.05) is 6.07 Å². The molecule has 2 aromatic rings. The van der Waals surface area contributed by atoms with Crippen molar-refractivity contribution in [1.82, 2.24) is 19.9 Å². The van der Waals surface area contributed by atoms with Crippen molar-refractivity contribution in [3.63, 3.8) is 0 Å². The maximum absolute atomic E-state index is 14.1. The Morgan fingerprint density at radius 2 is 1.85 bits per heavy atom. The molecular formula is C21H25F4N7O. The van der Waals surface area contributed by atoms with E-state index in [0.717, 1.165) is 12.1 Å². The number of alkyl halides is 3. The number of rotatable bonds is 6. The number of piperazine rings is 1. The average molecular weight is 467 g/mol. The molecular weight excluding hydrogens is 442 g/mol. The van der Waals surface area contributed by atoms with E-state index in [1.165, 1.54) is 12.3 Å². The van der Waals surface area contributed by atoms with Crippen molar-refractivity contribution in [2.45, 2.75) is 12.7 Å². The quantitative estimate of drug-likeness (QED) is 0.398. The number of morpholine rings is 1. The van der Waals surface area contributed by atoms with Gasteiger partial charge in [-0.05, 0) is 18.2 Å². The number of halogens is 4. The van der Waals surface area contributed by atoms with Gasteiger partial charge in [-0.25, -0.2) is 19.4 Å². The van der Waals surface area contributed by atoms with Crippen LogP contribution in [0, 0.1) is 5.82 Å². The van der Waals surface area contributed by atoms with Crippen LogP contribution in [0.3, 0.4) is 0 Å². The molecule has 33 heavy (non-hydrogen) atoms. The monoisotopic (exact) mass is 467 g/mol. The second kappa shape index (κ2) is 10.3. The van der Waals surface area contributed by atoms with E-state index >= 15 is 0 Å². The summed E-state index contributed by atoms with van der Waals surface area (Å²) in [6, 6.07) is 5.14. The highest BCUT2D eigenvalue weighted by atomic mass is 19.4. The number of anilines is 2. The van der Waals surface area contributed by atoms with E-state index in [1.54, 1.807) is 12.4 Å². The van der Waals surface area contributed by atoms with E-state index in [1.807, 2.05) is 14.8 Å². The Balaban J connectivity index is 1.26. The highest BCUT2D eigenvalue weighted by molar-refractivity contribution is 5.55. The number of hydrogen-bond acceptors (Lipinski definition) is 7. The van der Waals surface area contributed by atoms with E-state index in [0.29, 0.717) is 64.0 Å². The van der Waals surface area contributed by atoms with E-state index in [-0.39, 0.29) is 12.4 Å². The van der Waals surface area contributed by atoms with Crippen LogP contribution in [0.4, 0.5) is 29.1 Å². The first-order valence-corrected chi connectivity index (χ1v) is 10.7. The van der Waals surface area contributed by atoms with E-state index in [2.05, 4.69) is 20.4 Å². The number of hydrogen-bond donors (Lipinski definition) is 1. The smallest absolute Gasteiger partial charge is 0.378 e. The Hall–Kier alpha value is -2.99.